The van der Waals surface area contributed by atoms with Crippen molar-refractivity contribution in [2.24, 2.45) is 0 Å². The van der Waals surface area contributed by atoms with E-state index in [1.165, 1.54) is 11.4 Å². The molecule has 1 aromatic heterocycles. The van der Waals surface area contributed by atoms with Gasteiger partial charge in [-0.15, -0.1) is 0 Å². The molecule has 1 heterocycles. The van der Waals surface area contributed by atoms with Crippen LogP contribution in [0.15, 0.2) is 47.3 Å². The Labute approximate surface area is 186 Å². The molecule has 1 unspecified atom stereocenters. The van der Waals surface area contributed by atoms with E-state index in [1.54, 1.807) is 0 Å². The number of aliphatic hydroxyl groups excluding tert-OH is 1. The summed E-state index contributed by atoms with van der Waals surface area (Å²) < 4.78 is 80.5. The van der Waals surface area contributed by atoms with Crippen molar-refractivity contribution < 1.29 is 36.2 Å². The van der Waals surface area contributed by atoms with E-state index in [2.05, 4.69) is 5.10 Å². The summed E-state index contributed by atoms with van der Waals surface area (Å²) in [6.45, 7) is 0. The Bertz CT molecular complexity index is 1250. The largest absolute Gasteiger partial charge is 0.382 e. The van der Waals surface area contributed by atoms with Crippen molar-refractivity contribution in [1.82, 2.24) is 15.1 Å². The van der Waals surface area contributed by atoms with Gasteiger partial charge in [-0.1, -0.05) is 17.7 Å². The smallest absolute Gasteiger partial charge is 0.284 e. The monoisotopic (exact) mass is 491 g/mol. The summed E-state index contributed by atoms with van der Waals surface area (Å²) in [4.78, 5) is 25.2. The molecule has 0 spiro atoms. The van der Waals surface area contributed by atoms with Gasteiger partial charge in [-0.3, -0.25) is 9.59 Å². The fourth-order valence-corrected chi connectivity index (χ4v) is 2.82. The second-order valence-corrected chi connectivity index (χ2v) is 7.02. The van der Waals surface area contributed by atoms with Crippen LogP contribution in [0.3, 0.4) is 0 Å². The quantitative estimate of drug-likeness (QED) is 0.407. The van der Waals surface area contributed by atoms with E-state index >= 15 is 0 Å². The van der Waals surface area contributed by atoms with Crippen LogP contribution in [-0.2, 0) is 0 Å². The van der Waals surface area contributed by atoms with E-state index in [9.17, 15) is 35.9 Å². The molecule has 2 aromatic carbocycles. The van der Waals surface area contributed by atoms with Gasteiger partial charge >= 0.3 is 0 Å². The van der Waals surface area contributed by atoms with E-state index in [4.69, 9.17) is 16.7 Å². The zero-order valence-electron chi connectivity index (χ0n) is 16.1. The van der Waals surface area contributed by atoms with E-state index < -0.39 is 59.0 Å². The SMILES string of the molecule is O=C(NC(F)[C@H](O)C(F)F)c1cc(-c2ccc(Cl)c(F)c2)nn(-c2cc(F)cc(F)c2)c1=O. The van der Waals surface area contributed by atoms with Gasteiger partial charge in [-0.2, -0.15) is 9.78 Å². The first-order valence-electron chi connectivity index (χ1n) is 8.95. The highest BCUT2D eigenvalue weighted by Gasteiger charge is 2.30. The molecule has 1 amide bonds. The fraction of sp³-hybridized carbons (Fsp3) is 0.150. The highest BCUT2D eigenvalue weighted by molar-refractivity contribution is 6.30. The van der Waals surface area contributed by atoms with E-state index in [0.29, 0.717) is 22.9 Å². The molecule has 0 bridgehead atoms. The van der Waals surface area contributed by atoms with Crippen molar-refractivity contribution in [2.45, 2.75) is 18.8 Å². The number of hydrogen-bond donors (Lipinski definition) is 2. The number of nitrogens with zero attached hydrogens (tertiary/aromatic N) is 2. The Hall–Kier alpha value is -3.38. The van der Waals surface area contributed by atoms with Crippen molar-refractivity contribution in [3.8, 4) is 16.9 Å². The molecule has 2 atom stereocenters. The van der Waals surface area contributed by atoms with Crippen LogP contribution in [0.2, 0.25) is 5.02 Å². The van der Waals surface area contributed by atoms with E-state index in [-0.39, 0.29) is 16.3 Å². The summed E-state index contributed by atoms with van der Waals surface area (Å²) in [6, 6.07) is 5.93. The summed E-state index contributed by atoms with van der Waals surface area (Å²) in [6.07, 6.45) is -9.39. The minimum Gasteiger partial charge on any atom is -0.382 e. The number of aliphatic hydroxyl groups is 1. The fourth-order valence-electron chi connectivity index (χ4n) is 2.71. The number of nitrogens with one attached hydrogen (secondary N) is 1. The van der Waals surface area contributed by atoms with Gasteiger partial charge in [0.15, 0.2) is 6.10 Å². The minimum absolute atomic E-state index is 0.0408. The molecule has 0 aliphatic heterocycles. The summed E-state index contributed by atoms with van der Waals surface area (Å²) in [7, 11) is 0. The third-order valence-electron chi connectivity index (χ3n) is 4.29. The maximum atomic E-state index is 13.9. The molecule has 6 nitrogen and oxygen atoms in total. The lowest BCUT2D eigenvalue weighted by Crippen LogP contribution is -2.45. The van der Waals surface area contributed by atoms with Crippen molar-refractivity contribution in [3.63, 3.8) is 0 Å². The number of carbonyl (C=O) groups excluding carboxylic acids is 1. The Balaban J connectivity index is 2.18. The minimum atomic E-state index is -3.54. The molecule has 0 aliphatic rings. The molecular weight excluding hydrogens is 480 g/mol. The van der Waals surface area contributed by atoms with Gasteiger partial charge in [0.05, 0.1) is 16.4 Å². The van der Waals surface area contributed by atoms with Gasteiger partial charge in [-0.25, -0.2) is 26.3 Å². The van der Waals surface area contributed by atoms with Crippen LogP contribution in [0, 0.1) is 17.5 Å². The van der Waals surface area contributed by atoms with Crippen LogP contribution in [0.4, 0.5) is 26.3 Å². The first-order chi connectivity index (χ1) is 15.5. The van der Waals surface area contributed by atoms with E-state index in [0.717, 1.165) is 18.2 Å². The van der Waals surface area contributed by atoms with Crippen LogP contribution < -0.4 is 10.9 Å². The number of benzene rings is 2. The number of alkyl halides is 3. The first kappa shape index (κ1) is 24.3. The van der Waals surface area contributed by atoms with Crippen molar-refractivity contribution in [3.05, 3.63) is 80.9 Å². The van der Waals surface area contributed by atoms with Gasteiger partial charge in [-0.05, 0) is 30.3 Å². The zero-order chi connectivity index (χ0) is 24.4. The molecule has 174 valence electrons. The molecule has 3 rings (SSSR count). The molecular formula is C20H12ClF6N3O3. The third kappa shape index (κ3) is 5.34. The second-order valence-electron chi connectivity index (χ2n) is 6.62. The number of halogens is 7. The lowest BCUT2D eigenvalue weighted by molar-refractivity contribution is -0.0551. The van der Waals surface area contributed by atoms with Crippen molar-refractivity contribution >= 4 is 17.5 Å². The number of amides is 1. The van der Waals surface area contributed by atoms with Gasteiger partial charge in [0.1, 0.15) is 23.0 Å². The van der Waals surface area contributed by atoms with Crippen LogP contribution in [0.25, 0.3) is 16.9 Å². The number of rotatable bonds is 6. The summed E-state index contributed by atoms with van der Waals surface area (Å²) >= 11 is 5.62. The van der Waals surface area contributed by atoms with Gasteiger partial charge in [0, 0.05) is 11.6 Å². The standard InChI is InChI=1S/C20H12ClF6N3O3/c21-13-2-1-8(3-14(13)24)15-7-12(19(32)28-18(27)16(31)17(25)26)20(33)30(29-15)11-5-9(22)4-10(23)6-11/h1-7,16-18,31H,(H,28,32)/t16-,18?/m1/s1. The molecule has 0 saturated heterocycles. The molecule has 0 saturated carbocycles. The summed E-state index contributed by atoms with van der Waals surface area (Å²) in [5.41, 5.74) is -3.02. The second kappa shape index (κ2) is 9.63. The highest BCUT2D eigenvalue weighted by Crippen LogP contribution is 2.24. The number of carbonyl (C=O) groups is 1. The lowest BCUT2D eigenvalue weighted by Gasteiger charge is -2.17. The maximum absolute atomic E-state index is 13.9. The average Bonchev–Trinajstić information content (AvgIpc) is 2.74. The topological polar surface area (TPSA) is 84.2 Å². The molecule has 2 N–H and O–H groups in total. The lowest BCUT2D eigenvalue weighted by atomic mass is 10.1. The Morgan fingerprint density at radius 1 is 1.03 bits per heavy atom. The van der Waals surface area contributed by atoms with Gasteiger partial charge < -0.3 is 10.4 Å². The Morgan fingerprint density at radius 3 is 2.24 bits per heavy atom. The molecule has 0 fully saturated rings. The number of hydrogen-bond acceptors (Lipinski definition) is 4. The predicted molar refractivity (Wildman–Crippen MR) is 105 cm³/mol. The zero-order valence-corrected chi connectivity index (χ0v) is 16.8. The normalized spacial score (nSPS) is 13.1. The molecule has 0 aliphatic carbocycles. The van der Waals surface area contributed by atoms with Gasteiger partial charge in [0.2, 0.25) is 6.30 Å². The Morgan fingerprint density at radius 2 is 1.67 bits per heavy atom. The molecule has 0 radical (unpaired) electrons. The predicted octanol–water partition coefficient (Wildman–Crippen LogP) is 3.62. The van der Waals surface area contributed by atoms with Crippen molar-refractivity contribution in [1.29, 1.82) is 0 Å². The third-order valence-corrected chi connectivity index (χ3v) is 4.60. The molecule has 3 aromatic rings. The molecule has 13 heteroatoms. The molecule has 33 heavy (non-hydrogen) atoms. The first-order valence-corrected chi connectivity index (χ1v) is 9.33. The van der Waals surface area contributed by atoms with Crippen LogP contribution in [0.5, 0.6) is 0 Å². The summed E-state index contributed by atoms with van der Waals surface area (Å²) in [5.74, 6) is -4.65. The van der Waals surface area contributed by atoms with Crippen molar-refractivity contribution in [2.75, 3.05) is 0 Å². The Kier molecular flexibility index (Phi) is 7.08. The highest BCUT2D eigenvalue weighted by atomic mass is 35.5. The average molecular weight is 492 g/mol. The summed E-state index contributed by atoms with van der Waals surface area (Å²) in [5, 5.41) is 14.1. The maximum Gasteiger partial charge on any atom is 0.284 e. The van der Waals surface area contributed by atoms with Crippen LogP contribution >= 0.6 is 11.6 Å². The van der Waals surface area contributed by atoms with E-state index in [1.807, 2.05) is 0 Å². The van der Waals surface area contributed by atoms with Crippen LogP contribution in [-0.4, -0.2) is 39.6 Å². The van der Waals surface area contributed by atoms with Gasteiger partial charge in [0.25, 0.3) is 17.9 Å². The number of aromatic nitrogens is 2. The van der Waals surface area contributed by atoms with Crippen LogP contribution in [0.1, 0.15) is 10.4 Å².